The summed E-state index contributed by atoms with van der Waals surface area (Å²) in [4.78, 5) is 0. The third-order valence-corrected chi connectivity index (χ3v) is 2.46. The first-order valence-electron chi connectivity index (χ1n) is 5.36. The van der Waals surface area contributed by atoms with Crippen molar-refractivity contribution in [1.29, 1.82) is 0 Å². The molecule has 84 valence electrons. The molecule has 1 rings (SSSR count). The number of hydrogen-bond acceptors (Lipinski definition) is 4. The van der Waals surface area contributed by atoms with Gasteiger partial charge in [-0.3, -0.25) is 0 Å². The molecule has 1 fully saturated rings. The van der Waals surface area contributed by atoms with Crippen LogP contribution in [0.15, 0.2) is 0 Å². The van der Waals surface area contributed by atoms with Crippen molar-refractivity contribution in [3.8, 4) is 0 Å². The van der Waals surface area contributed by atoms with Gasteiger partial charge in [-0.1, -0.05) is 0 Å². The van der Waals surface area contributed by atoms with E-state index in [0.29, 0.717) is 18.9 Å². The lowest BCUT2D eigenvalue weighted by Gasteiger charge is -2.24. The van der Waals surface area contributed by atoms with Gasteiger partial charge in [0, 0.05) is 19.2 Å². The summed E-state index contributed by atoms with van der Waals surface area (Å²) in [6.45, 7) is 4.53. The second-order valence-electron chi connectivity index (χ2n) is 3.78. The molecule has 0 bridgehead atoms. The van der Waals surface area contributed by atoms with Gasteiger partial charge >= 0.3 is 0 Å². The molecule has 14 heavy (non-hydrogen) atoms. The van der Waals surface area contributed by atoms with E-state index in [-0.39, 0.29) is 6.61 Å². The van der Waals surface area contributed by atoms with Crippen molar-refractivity contribution in [2.45, 2.75) is 38.3 Å². The second-order valence-corrected chi connectivity index (χ2v) is 3.78. The fourth-order valence-electron chi connectivity index (χ4n) is 1.49. The van der Waals surface area contributed by atoms with Crippen LogP contribution in [0.4, 0.5) is 0 Å². The lowest BCUT2D eigenvalue weighted by Crippen LogP contribution is -2.38. The molecule has 0 amide bonds. The fourth-order valence-corrected chi connectivity index (χ4v) is 1.49. The molecule has 4 nitrogen and oxygen atoms in total. The number of rotatable bonds is 6. The van der Waals surface area contributed by atoms with E-state index in [1.807, 2.05) is 0 Å². The third kappa shape index (κ3) is 4.91. The molecule has 2 unspecified atom stereocenters. The monoisotopic (exact) mass is 203 g/mol. The zero-order valence-electron chi connectivity index (χ0n) is 8.87. The van der Waals surface area contributed by atoms with Gasteiger partial charge in [-0.2, -0.15) is 0 Å². The number of ether oxygens (including phenoxy) is 2. The fraction of sp³-hybridized carbons (Fsp3) is 1.00. The van der Waals surface area contributed by atoms with E-state index >= 15 is 0 Å². The lowest BCUT2D eigenvalue weighted by molar-refractivity contribution is -0.137. The van der Waals surface area contributed by atoms with Crippen LogP contribution in [0.5, 0.6) is 0 Å². The summed E-state index contributed by atoms with van der Waals surface area (Å²) < 4.78 is 10.5. The Morgan fingerprint density at radius 1 is 1.57 bits per heavy atom. The Kier molecular flexibility index (Phi) is 6.10. The van der Waals surface area contributed by atoms with Gasteiger partial charge in [0.05, 0.1) is 12.7 Å². The minimum atomic E-state index is 0.278. The van der Waals surface area contributed by atoms with Gasteiger partial charge in [0.2, 0.25) is 0 Å². The van der Waals surface area contributed by atoms with Crippen LogP contribution in [0.2, 0.25) is 0 Å². The SMILES string of the molecule is CC(CCCO)NCC1CCOCO1. The van der Waals surface area contributed by atoms with Crippen LogP contribution in [0.25, 0.3) is 0 Å². The molecule has 1 heterocycles. The van der Waals surface area contributed by atoms with Crippen molar-refractivity contribution < 1.29 is 14.6 Å². The highest BCUT2D eigenvalue weighted by atomic mass is 16.7. The second kappa shape index (κ2) is 7.17. The van der Waals surface area contributed by atoms with Crippen molar-refractivity contribution in [1.82, 2.24) is 5.32 Å². The average molecular weight is 203 g/mol. The summed E-state index contributed by atoms with van der Waals surface area (Å²) in [5, 5.41) is 12.1. The predicted octanol–water partition coefficient (Wildman–Crippen LogP) is 0.500. The smallest absolute Gasteiger partial charge is 0.147 e. The van der Waals surface area contributed by atoms with E-state index < -0.39 is 0 Å². The summed E-state index contributed by atoms with van der Waals surface area (Å²) in [5.74, 6) is 0. The first kappa shape index (κ1) is 11.9. The Hall–Kier alpha value is -0.160. The van der Waals surface area contributed by atoms with Crippen LogP contribution < -0.4 is 5.32 Å². The Balaban J connectivity index is 2.00. The van der Waals surface area contributed by atoms with Crippen molar-refractivity contribution in [2.75, 3.05) is 26.6 Å². The third-order valence-electron chi connectivity index (χ3n) is 2.46. The highest BCUT2D eigenvalue weighted by Gasteiger charge is 2.14. The molecule has 2 N–H and O–H groups in total. The van der Waals surface area contributed by atoms with Gasteiger partial charge in [-0.25, -0.2) is 0 Å². The Labute approximate surface area is 85.6 Å². The predicted molar refractivity (Wildman–Crippen MR) is 54.1 cm³/mol. The molecule has 1 saturated heterocycles. The maximum Gasteiger partial charge on any atom is 0.147 e. The zero-order valence-corrected chi connectivity index (χ0v) is 8.87. The van der Waals surface area contributed by atoms with Crippen LogP contribution in [0.1, 0.15) is 26.2 Å². The van der Waals surface area contributed by atoms with Gasteiger partial charge in [-0.15, -0.1) is 0 Å². The van der Waals surface area contributed by atoms with E-state index in [9.17, 15) is 0 Å². The molecule has 0 aromatic carbocycles. The summed E-state index contributed by atoms with van der Waals surface area (Å²) in [5.41, 5.74) is 0. The Bertz CT molecular complexity index is 137. The topological polar surface area (TPSA) is 50.7 Å². The summed E-state index contributed by atoms with van der Waals surface area (Å²) in [7, 11) is 0. The first-order chi connectivity index (χ1) is 6.83. The minimum Gasteiger partial charge on any atom is -0.396 e. The number of hydrogen-bond donors (Lipinski definition) is 2. The van der Waals surface area contributed by atoms with Crippen molar-refractivity contribution in [2.24, 2.45) is 0 Å². The highest BCUT2D eigenvalue weighted by Crippen LogP contribution is 2.05. The quantitative estimate of drug-likeness (QED) is 0.660. The molecule has 0 aromatic heterocycles. The van der Waals surface area contributed by atoms with E-state index in [0.717, 1.165) is 32.4 Å². The lowest BCUT2D eigenvalue weighted by atomic mass is 10.1. The zero-order chi connectivity index (χ0) is 10.2. The molecule has 1 aliphatic rings. The molecule has 1 aliphatic heterocycles. The average Bonchev–Trinajstić information content (AvgIpc) is 2.25. The van der Waals surface area contributed by atoms with Crippen molar-refractivity contribution in [3.63, 3.8) is 0 Å². The number of aliphatic hydroxyl groups excluding tert-OH is 1. The molecule has 0 aliphatic carbocycles. The first-order valence-corrected chi connectivity index (χ1v) is 5.36. The molecule has 0 radical (unpaired) electrons. The molecule has 0 spiro atoms. The van der Waals surface area contributed by atoms with Crippen LogP contribution in [0, 0.1) is 0 Å². The molecule has 4 heteroatoms. The summed E-state index contributed by atoms with van der Waals surface area (Å²) in [6.07, 6.45) is 3.14. The number of nitrogens with one attached hydrogen (secondary N) is 1. The van der Waals surface area contributed by atoms with E-state index in [1.165, 1.54) is 0 Å². The highest BCUT2D eigenvalue weighted by molar-refractivity contribution is 4.67. The maximum absolute atomic E-state index is 8.66. The van der Waals surface area contributed by atoms with Crippen LogP contribution >= 0.6 is 0 Å². The van der Waals surface area contributed by atoms with Gasteiger partial charge < -0.3 is 19.9 Å². The normalized spacial score (nSPS) is 24.9. The summed E-state index contributed by atoms with van der Waals surface area (Å²) in [6, 6.07) is 0.452. The van der Waals surface area contributed by atoms with Crippen LogP contribution in [-0.4, -0.2) is 43.8 Å². The van der Waals surface area contributed by atoms with Gasteiger partial charge in [0.1, 0.15) is 6.79 Å². The maximum atomic E-state index is 8.66. The van der Waals surface area contributed by atoms with Crippen molar-refractivity contribution >= 4 is 0 Å². The largest absolute Gasteiger partial charge is 0.396 e. The minimum absolute atomic E-state index is 0.278. The van der Waals surface area contributed by atoms with Gasteiger partial charge in [0.15, 0.2) is 0 Å². The molecule has 0 saturated carbocycles. The molecular weight excluding hydrogens is 182 g/mol. The standard InChI is InChI=1S/C10H21NO3/c1-9(3-2-5-12)11-7-10-4-6-13-8-14-10/h9-12H,2-8H2,1H3. The van der Waals surface area contributed by atoms with Crippen LogP contribution in [0.3, 0.4) is 0 Å². The molecular formula is C10H21NO3. The van der Waals surface area contributed by atoms with Gasteiger partial charge in [-0.05, 0) is 26.2 Å². The molecule has 2 atom stereocenters. The Morgan fingerprint density at radius 3 is 3.07 bits per heavy atom. The summed E-state index contributed by atoms with van der Waals surface area (Å²) >= 11 is 0. The Morgan fingerprint density at radius 2 is 2.43 bits per heavy atom. The van der Waals surface area contributed by atoms with E-state index in [4.69, 9.17) is 14.6 Å². The van der Waals surface area contributed by atoms with E-state index in [1.54, 1.807) is 0 Å². The van der Waals surface area contributed by atoms with Gasteiger partial charge in [0.25, 0.3) is 0 Å². The number of aliphatic hydroxyl groups is 1. The molecule has 0 aromatic rings. The van der Waals surface area contributed by atoms with E-state index in [2.05, 4.69) is 12.2 Å². The van der Waals surface area contributed by atoms with Crippen LogP contribution in [-0.2, 0) is 9.47 Å². The van der Waals surface area contributed by atoms with Crippen molar-refractivity contribution in [3.05, 3.63) is 0 Å².